The van der Waals surface area contributed by atoms with Gasteiger partial charge in [-0.1, -0.05) is 18.2 Å². The van der Waals surface area contributed by atoms with Crippen molar-refractivity contribution in [3.63, 3.8) is 0 Å². The maximum atomic E-state index is 12.4. The monoisotopic (exact) mass is 317 g/mol. The van der Waals surface area contributed by atoms with E-state index in [0.29, 0.717) is 11.3 Å². The third-order valence-corrected chi connectivity index (χ3v) is 3.29. The molecule has 0 aliphatic carbocycles. The van der Waals surface area contributed by atoms with Gasteiger partial charge in [0.25, 0.3) is 5.91 Å². The molecule has 0 saturated heterocycles. The molecule has 2 aromatic rings. The molecule has 0 aliphatic heterocycles. The van der Waals surface area contributed by atoms with E-state index in [-0.39, 0.29) is 23.7 Å². The molecular formula is C16H16ClN3O2. The second kappa shape index (κ2) is 7.56. The third kappa shape index (κ3) is 4.05. The fourth-order valence-corrected chi connectivity index (χ4v) is 2.02. The van der Waals surface area contributed by atoms with Gasteiger partial charge < -0.3 is 10.6 Å². The summed E-state index contributed by atoms with van der Waals surface area (Å²) < 4.78 is 0. The molecular weight excluding hydrogens is 302 g/mol. The van der Waals surface area contributed by atoms with Crippen LogP contribution in [-0.2, 0) is 4.79 Å². The van der Waals surface area contributed by atoms with Gasteiger partial charge in [-0.15, -0.1) is 11.6 Å². The van der Waals surface area contributed by atoms with Crippen LogP contribution in [0.25, 0.3) is 0 Å². The van der Waals surface area contributed by atoms with Gasteiger partial charge in [0, 0.05) is 6.20 Å². The number of carbonyl (C=O) groups is 2. The minimum atomic E-state index is -0.361. The van der Waals surface area contributed by atoms with E-state index in [9.17, 15) is 9.59 Å². The largest absolute Gasteiger partial charge is 0.344 e. The SMILES string of the molecule is CC(NC(=O)c1ccccc1NC(=O)CCl)c1ccccn1. The first kappa shape index (κ1) is 16.0. The molecule has 0 aliphatic rings. The van der Waals surface area contributed by atoms with Crippen LogP contribution in [0, 0.1) is 0 Å². The lowest BCUT2D eigenvalue weighted by Crippen LogP contribution is -2.28. The van der Waals surface area contributed by atoms with E-state index in [1.165, 1.54) is 0 Å². The summed E-state index contributed by atoms with van der Waals surface area (Å²) in [6.45, 7) is 1.85. The fourth-order valence-electron chi connectivity index (χ4n) is 1.95. The van der Waals surface area contributed by atoms with Crippen LogP contribution in [0.4, 0.5) is 5.69 Å². The number of hydrogen-bond donors (Lipinski definition) is 2. The Balaban J connectivity index is 2.14. The predicted octanol–water partition coefficient (Wildman–Crippen LogP) is 2.75. The molecule has 0 radical (unpaired) electrons. The van der Waals surface area contributed by atoms with Gasteiger partial charge in [-0.2, -0.15) is 0 Å². The zero-order valence-electron chi connectivity index (χ0n) is 12.0. The maximum absolute atomic E-state index is 12.4. The molecule has 1 aromatic carbocycles. The van der Waals surface area contributed by atoms with Crippen molar-refractivity contribution in [2.75, 3.05) is 11.2 Å². The summed E-state index contributed by atoms with van der Waals surface area (Å²) in [6.07, 6.45) is 1.67. The highest BCUT2D eigenvalue weighted by Gasteiger charge is 2.16. The second-order valence-electron chi connectivity index (χ2n) is 4.68. The number of amides is 2. The summed E-state index contributed by atoms with van der Waals surface area (Å²) >= 11 is 5.48. The lowest BCUT2D eigenvalue weighted by molar-refractivity contribution is -0.113. The molecule has 114 valence electrons. The quantitative estimate of drug-likeness (QED) is 0.833. The highest BCUT2D eigenvalue weighted by molar-refractivity contribution is 6.29. The van der Waals surface area contributed by atoms with Crippen molar-refractivity contribution >= 4 is 29.1 Å². The fraction of sp³-hybridized carbons (Fsp3) is 0.188. The molecule has 2 amide bonds. The van der Waals surface area contributed by atoms with E-state index < -0.39 is 0 Å². The van der Waals surface area contributed by atoms with Gasteiger partial charge in [0.05, 0.1) is 23.0 Å². The zero-order valence-corrected chi connectivity index (χ0v) is 12.8. The topological polar surface area (TPSA) is 71.1 Å². The summed E-state index contributed by atoms with van der Waals surface area (Å²) in [7, 11) is 0. The molecule has 0 spiro atoms. The van der Waals surface area contributed by atoms with Crippen LogP contribution in [0.2, 0.25) is 0 Å². The number of nitrogens with one attached hydrogen (secondary N) is 2. The number of anilines is 1. The summed E-state index contributed by atoms with van der Waals surface area (Å²) in [5.74, 6) is -0.816. The van der Waals surface area contributed by atoms with Crippen LogP contribution in [0.3, 0.4) is 0 Å². The Morgan fingerprint density at radius 1 is 1.18 bits per heavy atom. The summed E-state index contributed by atoms with van der Waals surface area (Å²) in [6, 6.07) is 12.0. The minimum Gasteiger partial charge on any atom is -0.344 e. The number of pyridine rings is 1. The third-order valence-electron chi connectivity index (χ3n) is 3.05. The first-order chi connectivity index (χ1) is 10.6. The van der Waals surface area contributed by atoms with Crippen LogP contribution < -0.4 is 10.6 Å². The van der Waals surface area contributed by atoms with Crippen LogP contribution in [0.5, 0.6) is 0 Å². The smallest absolute Gasteiger partial charge is 0.253 e. The average molecular weight is 318 g/mol. The highest BCUT2D eigenvalue weighted by Crippen LogP contribution is 2.17. The van der Waals surface area contributed by atoms with Gasteiger partial charge in [-0.3, -0.25) is 14.6 Å². The standard InChI is InChI=1S/C16H16ClN3O2/c1-11(13-7-4-5-9-18-13)19-16(22)12-6-2-3-8-14(12)20-15(21)10-17/h2-9,11H,10H2,1H3,(H,19,22)(H,20,21). The van der Waals surface area contributed by atoms with E-state index >= 15 is 0 Å². The van der Waals surface area contributed by atoms with Crippen molar-refractivity contribution in [2.45, 2.75) is 13.0 Å². The number of nitrogens with zero attached hydrogens (tertiary/aromatic N) is 1. The second-order valence-corrected chi connectivity index (χ2v) is 4.94. The number of rotatable bonds is 5. The van der Waals surface area contributed by atoms with Crippen molar-refractivity contribution in [2.24, 2.45) is 0 Å². The molecule has 0 saturated carbocycles. The van der Waals surface area contributed by atoms with E-state index in [2.05, 4.69) is 15.6 Å². The Morgan fingerprint density at radius 3 is 2.59 bits per heavy atom. The van der Waals surface area contributed by atoms with Crippen LogP contribution in [0.15, 0.2) is 48.7 Å². The van der Waals surface area contributed by atoms with E-state index in [4.69, 9.17) is 11.6 Å². The predicted molar refractivity (Wildman–Crippen MR) is 85.9 cm³/mol. The van der Waals surface area contributed by atoms with E-state index in [0.717, 1.165) is 5.69 Å². The average Bonchev–Trinajstić information content (AvgIpc) is 2.55. The molecule has 6 heteroatoms. The van der Waals surface area contributed by atoms with Gasteiger partial charge >= 0.3 is 0 Å². The first-order valence-corrected chi connectivity index (χ1v) is 7.32. The molecule has 1 aromatic heterocycles. The maximum Gasteiger partial charge on any atom is 0.253 e. The lowest BCUT2D eigenvalue weighted by Gasteiger charge is -2.15. The van der Waals surface area contributed by atoms with Gasteiger partial charge in [-0.05, 0) is 31.2 Å². The summed E-state index contributed by atoms with van der Waals surface area (Å²) in [5, 5.41) is 5.47. The molecule has 0 bridgehead atoms. The summed E-state index contributed by atoms with van der Waals surface area (Å²) in [5.41, 5.74) is 1.57. The van der Waals surface area contributed by atoms with Crippen molar-refractivity contribution in [1.82, 2.24) is 10.3 Å². The Labute approximate surface area is 133 Å². The van der Waals surface area contributed by atoms with Crippen molar-refractivity contribution < 1.29 is 9.59 Å². The van der Waals surface area contributed by atoms with Crippen molar-refractivity contribution in [3.05, 3.63) is 59.9 Å². The van der Waals surface area contributed by atoms with Gasteiger partial charge in [0.2, 0.25) is 5.91 Å². The van der Waals surface area contributed by atoms with Gasteiger partial charge in [0.1, 0.15) is 5.88 Å². The number of aromatic nitrogens is 1. The Kier molecular flexibility index (Phi) is 5.49. The summed E-state index contributed by atoms with van der Waals surface area (Å²) in [4.78, 5) is 28.0. The van der Waals surface area contributed by atoms with Gasteiger partial charge in [0.15, 0.2) is 0 Å². The number of benzene rings is 1. The number of carbonyl (C=O) groups excluding carboxylic acids is 2. The number of alkyl halides is 1. The van der Waals surface area contributed by atoms with Crippen LogP contribution in [-0.4, -0.2) is 22.7 Å². The molecule has 1 atom stereocenters. The Bertz CT molecular complexity index is 661. The van der Waals surface area contributed by atoms with Crippen LogP contribution in [0.1, 0.15) is 29.0 Å². The number of halogens is 1. The zero-order chi connectivity index (χ0) is 15.9. The van der Waals surface area contributed by atoms with E-state index in [1.807, 2.05) is 25.1 Å². The molecule has 22 heavy (non-hydrogen) atoms. The lowest BCUT2D eigenvalue weighted by atomic mass is 10.1. The van der Waals surface area contributed by atoms with Crippen molar-refractivity contribution in [1.29, 1.82) is 0 Å². The Morgan fingerprint density at radius 2 is 1.91 bits per heavy atom. The van der Waals surface area contributed by atoms with E-state index in [1.54, 1.807) is 30.5 Å². The number of hydrogen-bond acceptors (Lipinski definition) is 3. The number of para-hydroxylation sites is 1. The highest BCUT2D eigenvalue weighted by atomic mass is 35.5. The molecule has 1 unspecified atom stereocenters. The molecule has 1 heterocycles. The van der Waals surface area contributed by atoms with Gasteiger partial charge in [-0.25, -0.2) is 0 Å². The molecule has 0 fully saturated rings. The minimum absolute atomic E-state index is 0.166. The van der Waals surface area contributed by atoms with Crippen molar-refractivity contribution in [3.8, 4) is 0 Å². The Hall–Kier alpha value is -2.40. The van der Waals surface area contributed by atoms with Crippen LogP contribution >= 0.6 is 11.6 Å². The molecule has 2 rings (SSSR count). The molecule has 2 N–H and O–H groups in total. The first-order valence-electron chi connectivity index (χ1n) is 6.78. The normalized spacial score (nSPS) is 11.5. The molecule has 5 nitrogen and oxygen atoms in total.